The number of hydrogen-bond acceptors (Lipinski definition) is 4. The van der Waals surface area contributed by atoms with Gasteiger partial charge >= 0.3 is 0 Å². The maximum Gasteiger partial charge on any atom is 0.269 e. The monoisotopic (exact) mass is 278 g/mol. The first-order valence-corrected chi connectivity index (χ1v) is 6.71. The van der Waals surface area contributed by atoms with Crippen molar-refractivity contribution in [3.05, 3.63) is 34.4 Å². The number of non-ortho nitro benzene ring substituents is 1. The van der Waals surface area contributed by atoms with Crippen LogP contribution in [0.1, 0.15) is 19.8 Å². The molecule has 1 fully saturated rings. The molecule has 1 saturated heterocycles. The topological polar surface area (TPSA) is 72.7 Å². The Morgan fingerprint density at radius 1 is 1.45 bits per heavy atom. The number of piperidine rings is 1. The molecule has 108 valence electrons. The second-order valence-corrected chi connectivity index (χ2v) is 5.13. The van der Waals surface area contributed by atoms with Crippen LogP contribution in [0.5, 0.6) is 5.75 Å². The van der Waals surface area contributed by atoms with Gasteiger partial charge in [0.25, 0.3) is 11.6 Å². The van der Waals surface area contributed by atoms with Gasteiger partial charge in [0.15, 0.2) is 6.61 Å². The first kappa shape index (κ1) is 14.3. The molecule has 0 bridgehead atoms. The van der Waals surface area contributed by atoms with Crippen molar-refractivity contribution in [3.63, 3.8) is 0 Å². The predicted octanol–water partition coefficient (Wildman–Crippen LogP) is 2.23. The summed E-state index contributed by atoms with van der Waals surface area (Å²) in [6.07, 6.45) is 2.19. The molecule has 20 heavy (non-hydrogen) atoms. The van der Waals surface area contributed by atoms with Crippen LogP contribution in [0.4, 0.5) is 5.69 Å². The fraction of sp³-hybridized carbons (Fsp3) is 0.500. The van der Waals surface area contributed by atoms with E-state index >= 15 is 0 Å². The fourth-order valence-electron chi connectivity index (χ4n) is 2.32. The van der Waals surface area contributed by atoms with E-state index in [9.17, 15) is 14.9 Å². The second kappa shape index (κ2) is 6.36. The number of benzene rings is 1. The molecule has 1 atom stereocenters. The summed E-state index contributed by atoms with van der Waals surface area (Å²) in [6.45, 7) is 3.68. The second-order valence-electron chi connectivity index (χ2n) is 5.13. The van der Waals surface area contributed by atoms with Gasteiger partial charge in [-0.05, 0) is 30.9 Å². The van der Waals surface area contributed by atoms with Crippen LogP contribution < -0.4 is 4.74 Å². The van der Waals surface area contributed by atoms with Gasteiger partial charge in [-0.25, -0.2) is 0 Å². The smallest absolute Gasteiger partial charge is 0.269 e. The van der Waals surface area contributed by atoms with Gasteiger partial charge in [0, 0.05) is 25.2 Å². The highest BCUT2D eigenvalue weighted by Crippen LogP contribution is 2.18. The Morgan fingerprint density at radius 3 is 2.75 bits per heavy atom. The zero-order valence-electron chi connectivity index (χ0n) is 11.4. The average molecular weight is 278 g/mol. The summed E-state index contributed by atoms with van der Waals surface area (Å²) in [6, 6.07) is 5.74. The number of amides is 1. The molecule has 1 amide bonds. The lowest BCUT2D eigenvalue weighted by molar-refractivity contribution is -0.384. The minimum atomic E-state index is -0.468. The largest absolute Gasteiger partial charge is 0.484 e. The van der Waals surface area contributed by atoms with Gasteiger partial charge in [-0.15, -0.1) is 0 Å². The Labute approximate surface area is 117 Å². The number of nitrogens with zero attached hydrogens (tertiary/aromatic N) is 2. The Hall–Kier alpha value is -2.11. The third kappa shape index (κ3) is 3.69. The summed E-state index contributed by atoms with van der Waals surface area (Å²) in [4.78, 5) is 23.9. The lowest BCUT2D eigenvalue weighted by Crippen LogP contribution is -2.41. The van der Waals surface area contributed by atoms with Crippen molar-refractivity contribution < 1.29 is 14.5 Å². The molecule has 0 spiro atoms. The lowest BCUT2D eigenvalue weighted by atomic mass is 10.0. The van der Waals surface area contributed by atoms with Crippen molar-refractivity contribution in [1.29, 1.82) is 0 Å². The molecular weight excluding hydrogens is 260 g/mol. The number of nitro groups is 1. The molecule has 6 nitrogen and oxygen atoms in total. The lowest BCUT2D eigenvalue weighted by Gasteiger charge is -2.30. The van der Waals surface area contributed by atoms with E-state index < -0.39 is 4.92 Å². The number of nitro benzene ring substituents is 1. The van der Waals surface area contributed by atoms with E-state index in [0.717, 1.165) is 25.9 Å². The quantitative estimate of drug-likeness (QED) is 0.625. The average Bonchev–Trinajstić information content (AvgIpc) is 2.45. The molecule has 1 aromatic rings. The highest BCUT2D eigenvalue weighted by atomic mass is 16.6. The third-order valence-electron chi connectivity index (χ3n) is 3.42. The first-order valence-electron chi connectivity index (χ1n) is 6.71. The molecule has 0 saturated carbocycles. The van der Waals surface area contributed by atoms with Crippen molar-refractivity contribution in [2.75, 3.05) is 19.7 Å². The number of carbonyl (C=O) groups excluding carboxylic acids is 1. The van der Waals surface area contributed by atoms with Gasteiger partial charge in [-0.1, -0.05) is 6.92 Å². The van der Waals surface area contributed by atoms with E-state index in [4.69, 9.17) is 4.74 Å². The van der Waals surface area contributed by atoms with Crippen LogP contribution in [-0.4, -0.2) is 35.4 Å². The summed E-state index contributed by atoms with van der Waals surface area (Å²) in [5.74, 6) is 0.969. The highest BCUT2D eigenvalue weighted by Gasteiger charge is 2.21. The maximum absolute atomic E-state index is 12.0. The minimum Gasteiger partial charge on any atom is -0.484 e. The first-order chi connectivity index (χ1) is 9.56. The molecule has 0 N–H and O–H groups in total. The molecule has 1 aliphatic rings. The van der Waals surface area contributed by atoms with Crippen molar-refractivity contribution in [2.24, 2.45) is 5.92 Å². The third-order valence-corrected chi connectivity index (χ3v) is 3.42. The highest BCUT2D eigenvalue weighted by molar-refractivity contribution is 5.77. The number of hydrogen-bond donors (Lipinski definition) is 0. The maximum atomic E-state index is 12.0. The molecule has 6 heteroatoms. The Kier molecular flexibility index (Phi) is 4.55. The summed E-state index contributed by atoms with van der Waals surface area (Å²) in [5, 5.41) is 10.5. The molecule has 1 unspecified atom stereocenters. The Balaban J connectivity index is 1.85. The van der Waals surface area contributed by atoms with Gasteiger partial charge in [0.2, 0.25) is 0 Å². The molecule has 2 rings (SSSR count). The van der Waals surface area contributed by atoms with Crippen LogP contribution in [0.15, 0.2) is 24.3 Å². The van der Waals surface area contributed by atoms with E-state index in [-0.39, 0.29) is 18.2 Å². The number of likely N-dealkylation sites (tertiary alicyclic amines) is 1. The van der Waals surface area contributed by atoms with Crippen LogP contribution in [0.25, 0.3) is 0 Å². The number of rotatable bonds is 4. The van der Waals surface area contributed by atoms with E-state index in [0.29, 0.717) is 11.7 Å². The van der Waals surface area contributed by atoms with Gasteiger partial charge in [-0.2, -0.15) is 0 Å². The van der Waals surface area contributed by atoms with Crippen molar-refractivity contribution >= 4 is 11.6 Å². The zero-order valence-corrected chi connectivity index (χ0v) is 11.4. The van der Waals surface area contributed by atoms with Crippen molar-refractivity contribution in [3.8, 4) is 5.75 Å². The molecule has 1 heterocycles. The van der Waals surface area contributed by atoms with E-state index in [1.165, 1.54) is 24.3 Å². The predicted molar refractivity (Wildman–Crippen MR) is 73.6 cm³/mol. The van der Waals surface area contributed by atoms with Crippen LogP contribution >= 0.6 is 0 Å². The van der Waals surface area contributed by atoms with E-state index in [2.05, 4.69) is 6.92 Å². The normalized spacial score (nSPS) is 18.6. The van der Waals surface area contributed by atoms with Crippen LogP contribution in [0, 0.1) is 16.0 Å². The number of ether oxygens (including phenoxy) is 1. The molecule has 0 radical (unpaired) electrons. The van der Waals surface area contributed by atoms with Crippen LogP contribution in [-0.2, 0) is 4.79 Å². The molecule has 0 aromatic heterocycles. The van der Waals surface area contributed by atoms with Crippen LogP contribution in [0.3, 0.4) is 0 Å². The minimum absolute atomic E-state index is 0.00790. The van der Waals surface area contributed by atoms with Crippen LogP contribution in [0.2, 0.25) is 0 Å². The SMILES string of the molecule is CC1CCCN(C(=O)COc2ccc([N+](=O)[O-])cc2)C1. The summed E-state index contributed by atoms with van der Waals surface area (Å²) < 4.78 is 5.38. The summed E-state index contributed by atoms with van der Waals surface area (Å²) in [5.41, 5.74) is 0.00790. The molecule has 1 aromatic carbocycles. The zero-order chi connectivity index (χ0) is 14.5. The van der Waals surface area contributed by atoms with Gasteiger partial charge < -0.3 is 9.64 Å². The van der Waals surface area contributed by atoms with Crippen molar-refractivity contribution in [1.82, 2.24) is 4.90 Å². The summed E-state index contributed by atoms with van der Waals surface area (Å²) in [7, 11) is 0. The van der Waals surface area contributed by atoms with E-state index in [1.807, 2.05) is 4.90 Å². The Bertz CT molecular complexity index is 486. The van der Waals surface area contributed by atoms with Gasteiger partial charge in [0.1, 0.15) is 5.75 Å². The number of carbonyl (C=O) groups is 1. The molecule has 0 aliphatic carbocycles. The standard InChI is InChI=1S/C14H18N2O4/c1-11-3-2-8-15(9-11)14(17)10-20-13-6-4-12(5-7-13)16(18)19/h4-7,11H,2-3,8-10H2,1H3. The van der Waals surface area contributed by atoms with E-state index in [1.54, 1.807) is 0 Å². The van der Waals surface area contributed by atoms with Crippen molar-refractivity contribution in [2.45, 2.75) is 19.8 Å². The summed E-state index contributed by atoms with van der Waals surface area (Å²) >= 11 is 0. The molecular formula is C14H18N2O4. The Morgan fingerprint density at radius 2 is 2.15 bits per heavy atom. The van der Waals surface area contributed by atoms with Gasteiger partial charge in [0.05, 0.1) is 4.92 Å². The van der Waals surface area contributed by atoms with Gasteiger partial charge in [-0.3, -0.25) is 14.9 Å². The molecule has 1 aliphatic heterocycles. The fourth-order valence-corrected chi connectivity index (χ4v) is 2.32.